The normalized spacial score (nSPS) is 16.8. The van der Waals surface area contributed by atoms with Crippen LogP contribution in [0.2, 0.25) is 5.02 Å². The second-order valence-electron chi connectivity index (χ2n) is 5.44. The molecule has 25 heavy (non-hydrogen) atoms. The molecule has 130 valence electrons. The molecule has 0 spiro atoms. The van der Waals surface area contributed by atoms with Crippen LogP contribution in [0, 0.1) is 0 Å². The summed E-state index contributed by atoms with van der Waals surface area (Å²) >= 11 is 7.39. The first-order valence-corrected chi connectivity index (χ1v) is 8.85. The number of hydrogen-bond donors (Lipinski definition) is 2. The monoisotopic (exact) mass is 378 g/mol. The van der Waals surface area contributed by atoms with Crippen LogP contribution in [0.15, 0.2) is 35.8 Å². The third kappa shape index (κ3) is 4.15. The van der Waals surface area contributed by atoms with Gasteiger partial charge in [0.25, 0.3) is 5.91 Å². The van der Waals surface area contributed by atoms with Gasteiger partial charge in [0.05, 0.1) is 6.54 Å². The molecule has 7 nitrogen and oxygen atoms in total. The number of hydrogen-bond acceptors (Lipinski definition) is 5. The van der Waals surface area contributed by atoms with E-state index in [0.717, 1.165) is 4.90 Å². The minimum absolute atomic E-state index is 0.103. The van der Waals surface area contributed by atoms with Gasteiger partial charge in [-0.3, -0.25) is 14.5 Å². The average Bonchev–Trinajstić information content (AvgIpc) is 3.18. The summed E-state index contributed by atoms with van der Waals surface area (Å²) in [5, 5.41) is 8.01. The van der Waals surface area contributed by atoms with E-state index in [1.54, 1.807) is 35.8 Å². The second kappa shape index (κ2) is 7.62. The Hall–Kier alpha value is -2.45. The Bertz CT molecular complexity index is 796. The van der Waals surface area contributed by atoms with Gasteiger partial charge in [-0.1, -0.05) is 29.8 Å². The molecule has 0 radical (unpaired) electrons. The molecule has 9 heteroatoms. The second-order valence-corrected chi connectivity index (χ2v) is 6.74. The Kier molecular flexibility index (Phi) is 5.30. The Morgan fingerprint density at radius 2 is 2.16 bits per heavy atom. The van der Waals surface area contributed by atoms with Crippen LogP contribution in [-0.4, -0.2) is 33.8 Å². The van der Waals surface area contributed by atoms with E-state index in [1.165, 1.54) is 11.3 Å². The van der Waals surface area contributed by atoms with Crippen LogP contribution in [-0.2, 0) is 16.1 Å². The van der Waals surface area contributed by atoms with Gasteiger partial charge in [-0.05, 0) is 18.1 Å². The van der Waals surface area contributed by atoms with Gasteiger partial charge in [0, 0.05) is 23.0 Å². The van der Waals surface area contributed by atoms with Crippen molar-refractivity contribution in [3.63, 3.8) is 0 Å². The molecular formula is C16H15ClN4O3S. The third-order valence-electron chi connectivity index (χ3n) is 3.73. The fraction of sp³-hybridized carbons (Fsp3) is 0.250. The molecular weight excluding hydrogens is 364 g/mol. The minimum atomic E-state index is -0.711. The van der Waals surface area contributed by atoms with Gasteiger partial charge in [-0.15, -0.1) is 11.3 Å². The first-order valence-electron chi connectivity index (χ1n) is 7.59. The van der Waals surface area contributed by atoms with Crippen LogP contribution < -0.4 is 10.6 Å². The maximum atomic E-state index is 12.4. The summed E-state index contributed by atoms with van der Waals surface area (Å²) < 4.78 is 0. The molecule has 1 fully saturated rings. The molecule has 3 rings (SSSR count). The Morgan fingerprint density at radius 1 is 1.36 bits per heavy atom. The summed E-state index contributed by atoms with van der Waals surface area (Å²) in [4.78, 5) is 41.4. The molecule has 1 aliphatic heterocycles. The van der Waals surface area contributed by atoms with Crippen molar-refractivity contribution in [2.75, 3.05) is 5.32 Å². The Morgan fingerprint density at radius 3 is 2.88 bits per heavy atom. The number of aromatic nitrogens is 1. The van der Waals surface area contributed by atoms with E-state index >= 15 is 0 Å². The molecule has 0 bridgehead atoms. The van der Waals surface area contributed by atoms with Crippen LogP contribution in [0.5, 0.6) is 0 Å². The zero-order chi connectivity index (χ0) is 17.8. The average molecular weight is 379 g/mol. The highest BCUT2D eigenvalue weighted by Crippen LogP contribution is 2.20. The van der Waals surface area contributed by atoms with Gasteiger partial charge in [-0.2, -0.15) is 0 Å². The van der Waals surface area contributed by atoms with Crippen molar-refractivity contribution < 1.29 is 14.4 Å². The van der Waals surface area contributed by atoms with Crippen LogP contribution in [0.3, 0.4) is 0 Å². The van der Waals surface area contributed by atoms with Crippen molar-refractivity contribution in [2.45, 2.75) is 25.4 Å². The highest BCUT2D eigenvalue weighted by molar-refractivity contribution is 7.13. The van der Waals surface area contributed by atoms with Crippen LogP contribution in [0.25, 0.3) is 0 Å². The Balaban J connectivity index is 1.56. The molecule has 1 aromatic heterocycles. The summed E-state index contributed by atoms with van der Waals surface area (Å²) in [5.41, 5.74) is 0.690. The van der Waals surface area contributed by atoms with E-state index in [9.17, 15) is 14.4 Å². The van der Waals surface area contributed by atoms with E-state index < -0.39 is 12.1 Å². The minimum Gasteiger partial charge on any atom is -0.326 e. The number of amides is 4. The van der Waals surface area contributed by atoms with Crippen LogP contribution >= 0.6 is 22.9 Å². The fourth-order valence-corrected chi connectivity index (χ4v) is 3.20. The van der Waals surface area contributed by atoms with E-state index in [-0.39, 0.29) is 31.2 Å². The van der Waals surface area contributed by atoms with Crippen molar-refractivity contribution in [1.82, 2.24) is 15.2 Å². The predicted molar refractivity (Wildman–Crippen MR) is 94.3 cm³/mol. The topological polar surface area (TPSA) is 91.4 Å². The summed E-state index contributed by atoms with van der Waals surface area (Å²) in [5.74, 6) is -0.603. The summed E-state index contributed by atoms with van der Waals surface area (Å²) in [6.07, 6.45) is 1.92. The number of benzene rings is 1. The molecule has 4 amide bonds. The van der Waals surface area contributed by atoms with Crippen LogP contribution in [0.4, 0.5) is 9.93 Å². The molecule has 2 heterocycles. The van der Waals surface area contributed by atoms with Crippen molar-refractivity contribution in [2.24, 2.45) is 0 Å². The SMILES string of the molecule is O=C(CCC1NC(=O)N(Cc2ccccc2Cl)C1=O)Nc1nccs1. The first-order chi connectivity index (χ1) is 12.0. The molecule has 1 aliphatic rings. The molecule has 1 aromatic carbocycles. The number of carbonyl (C=O) groups excluding carboxylic acids is 3. The fourth-order valence-electron chi connectivity index (χ4n) is 2.46. The first kappa shape index (κ1) is 17.4. The van der Waals surface area contributed by atoms with E-state index in [4.69, 9.17) is 11.6 Å². The molecule has 1 atom stereocenters. The smallest absolute Gasteiger partial charge is 0.325 e. The van der Waals surface area contributed by atoms with Gasteiger partial charge in [-0.25, -0.2) is 9.78 Å². The lowest BCUT2D eigenvalue weighted by atomic mass is 10.1. The Labute approximate surface area is 153 Å². The van der Waals surface area contributed by atoms with Gasteiger partial charge >= 0.3 is 6.03 Å². The van der Waals surface area contributed by atoms with Gasteiger partial charge in [0.15, 0.2) is 5.13 Å². The number of nitrogens with one attached hydrogen (secondary N) is 2. The van der Waals surface area contributed by atoms with Gasteiger partial charge < -0.3 is 10.6 Å². The number of rotatable bonds is 6. The lowest BCUT2D eigenvalue weighted by molar-refractivity contribution is -0.128. The lowest BCUT2D eigenvalue weighted by Crippen LogP contribution is -2.31. The number of nitrogens with zero attached hydrogens (tertiary/aromatic N) is 2. The highest BCUT2D eigenvalue weighted by atomic mass is 35.5. The zero-order valence-electron chi connectivity index (χ0n) is 13.1. The predicted octanol–water partition coefficient (Wildman–Crippen LogP) is 2.64. The maximum Gasteiger partial charge on any atom is 0.325 e. The standard InChI is InChI=1S/C16H15ClN4O3S/c17-11-4-2-1-3-10(11)9-21-14(23)12(19-16(21)24)5-6-13(22)20-15-18-7-8-25-15/h1-4,7-8,12H,5-6,9H2,(H,19,24)(H,18,20,22). The molecule has 2 aromatic rings. The van der Waals surface area contributed by atoms with Gasteiger partial charge in [0.1, 0.15) is 6.04 Å². The van der Waals surface area contributed by atoms with E-state index in [2.05, 4.69) is 15.6 Å². The highest BCUT2D eigenvalue weighted by Gasteiger charge is 2.38. The number of carbonyl (C=O) groups is 3. The number of urea groups is 1. The quantitative estimate of drug-likeness (QED) is 0.756. The molecule has 1 unspecified atom stereocenters. The molecule has 1 saturated heterocycles. The number of halogens is 1. The molecule has 2 N–H and O–H groups in total. The zero-order valence-corrected chi connectivity index (χ0v) is 14.6. The third-order valence-corrected chi connectivity index (χ3v) is 4.79. The number of imide groups is 1. The molecule has 0 saturated carbocycles. The van der Waals surface area contributed by atoms with Gasteiger partial charge in [0.2, 0.25) is 5.91 Å². The summed E-state index contributed by atoms with van der Waals surface area (Å²) in [6.45, 7) is 0.103. The molecule has 0 aliphatic carbocycles. The van der Waals surface area contributed by atoms with Crippen molar-refractivity contribution in [3.8, 4) is 0 Å². The van der Waals surface area contributed by atoms with Crippen molar-refractivity contribution in [1.29, 1.82) is 0 Å². The number of thiazole rings is 1. The van der Waals surface area contributed by atoms with Crippen LogP contribution in [0.1, 0.15) is 18.4 Å². The van der Waals surface area contributed by atoms with Crippen molar-refractivity contribution >= 4 is 45.9 Å². The van der Waals surface area contributed by atoms with E-state index in [0.29, 0.717) is 15.7 Å². The lowest BCUT2D eigenvalue weighted by Gasteiger charge is -2.14. The summed E-state index contributed by atoms with van der Waals surface area (Å²) in [7, 11) is 0. The summed E-state index contributed by atoms with van der Waals surface area (Å²) in [6, 6.07) is 5.85. The van der Waals surface area contributed by atoms with E-state index in [1.807, 2.05) is 0 Å². The maximum absolute atomic E-state index is 12.4. The largest absolute Gasteiger partial charge is 0.326 e. The van der Waals surface area contributed by atoms with Crippen molar-refractivity contribution in [3.05, 3.63) is 46.4 Å². The number of anilines is 1.